The Morgan fingerprint density at radius 3 is 2.55 bits per heavy atom. The van der Waals surface area contributed by atoms with Crippen molar-refractivity contribution in [2.75, 3.05) is 6.61 Å². The van der Waals surface area contributed by atoms with Gasteiger partial charge in [0, 0.05) is 12.7 Å². The Kier molecular flexibility index (Phi) is 4.53. The van der Waals surface area contributed by atoms with Crippen LogP contribution in [0.3, 0.4) is 0 Å². The maximum Gasteiger partial charge on any atom is 0.240 e. The van der Waals surface area contributed by atoms with Gasteiger partial charge < -0.3 is 9.63 Å². The summed E-state index contributed by atoms with van der Waals surface area (Å²) in [6, 6.07) is 8.08. The highest BCUT2D eigenvalue weighted by molar-refractivity contribution is 7.89. The lowest BCUT2D eigenvalue weighted by Crippen LogP contribution is -2.23. The summed E-state index contributed by atoms with van der Waals surface area (Å²) in [5.74, 6) is 0.632. The molecular formula is C13H16N2O4S. The van der Waals surface area contributed by atoms with Crippen molar-refractivity contribution in [3.8, 4) is 0 Å². The third kappa shape index (κ3) is 3.66. The molecule has 1 aromatic heterocycles. The Morgan fingerprint density at radius 2 is 2.00 bits per heavy atom. The second-order valence-corrected chi connectivity index (χ2v) is 6.14. The summed E-state index contributed by atoms with van der Waals surface area (Å²) >= 11 is 0. The molecule has 2 rings (SSSR count). The van der Waals surface area contributed by atoms with Gasteiger partial charge in [-0.2, -0.15) is 0 Å². The lowest BCUT2D eigenvalue weighted by molar-refractivity contribution is 0.299. The zero-order valence-corrected chi connectivity index (χ0v) is 11.9. The standard InChI is InChI=1S/C13H16N2O4S/c1-10-8-12(15-19-10)9-14-20(17,18)13-4-2-11(3-5-13)6-7-16/h2-5,8,14,16H,6-7,9H2,1H3. The lowest BCUT2D eigenvalue weighted by Gasteiger charge is -2.06. The average Bonchev–Trinajstić information content (AvgIpc) is 2.84. The minimum absolute atomic E-state index is 0.0376. The molecule has 0 aliphatic rings. The van der Waals surface area contributed by atoms with Crippen LogP contribution in [0.2, 0.25) is 0 Å². The molecule has 0 radical (unpaired) electrons. The van der Waals surface area contributed by atoms with Crippen LogP contribution in [0.25, 0.3) is 0 Å². The summed E-state index contributed by atoms with van der Waals surface area (Å²) in [5, 5.41) is 12.5. The monoisotopic (exact) mass is 296 g/mol. The summed E-state index contributed by atoms with van der Waals surface area (Å²) < 4.78 is 31.5. The van der Waals surface area contributed by atoms with Gasteiger partial charge in [0.2, 0.25) is 10.0 Å². The molecule has 1 aromatic carbocycles. The van der Waals surface area contributed by atoms with Crippen LogP contribution in [0.4, 0.5) is 0 Å². The van der Waals surface area contributed by atoms with Crippen LogP contribution in [0.15, 0.2) is 39.8 Å². The molecule has 7 heteroatoms. The molecule has 108 valence electrons. The van der Waals surface area contributed by atoms with Crippen LogP contribution < -0.4 is 4.72 Å². The Balaban J connectivity index is 2.05. The number of aliphatic hydroxyl groups excluding tert-OH is 1. The first-order valence-corrected chi connectivity index (χ1v) is 7.61. The Morgan fingerprint density at radius 1 is 1.30 bits per heavy atom. The van der Waals surface area contributed by atoms with E-state index in [1.165, 1.54) is 12.1 Å². The topological polar surface area (TPSA) is 92.4 Å². The second kappa shape index (κ2) is 6.17. The number of nitrogens with zero attached hydrogens (tertiary/aromatic N) is 1. The largest absolute Gasteiger partial charge is 0.396 e. The van der Waals surface area contributed by atoms with Gasteiger partial charge in [-0.1, -0.05) is 17.3 Å². The molecule has 0 atom stereocenters. The van der Waals surface area contributed by atoms with Gasteiger partial charge >= 0.3 is 0 Å². The third-order valence-electron chi connectivity index (χ3n) is 2.75. The van der Waals surface area contributed by atoms with E-state index in [0.29, 0.717) is 17.9 Å². The van der Waals surface area contributed by atoms with E-state index < -0.39 is 10.0 Å². The lowest BCUT2D eigenvalue weighted by atomic mass is 10.2. The van der Waals surface area contributed by atoms with Gasteiger partial charge in [-0.3, -0.25) is 0 Å². The van der Waals surface area contributed by atoms with Crippen LogP contribution in [0, 0.1) is 6.92 Å². The molecule has 2 aromatic rings. The number of aryl methyl sites for hydroxylation is 1. The third-order valence-corrected chi connectivity index (χ3v) is 4.17. The quantitative estimate of drug-likeness (QED) is 0.829. The molecule has 0 saturated heterocycles. The number of sulfonamides is 1. The van der Waals surface area contributed by atoms with Crippen LogP contribution in [-0.2, 0) is 23.0 Å². The van der Waals surface area contributed by atoms with Crippen molar-refractivity contribution < 1.29 is 18.0 Å². The summed E-state index contributed by atoms with van der Waals surface area (Å²) in [6.07, 6.45) is 0.506. The Labute approximate surface area is 117 Å². The molecule has 1 heterocycles. The van der Waals surface area contributed by atoms with E-state index in [4.69, 9.17) is 9.63 Å². The maximum atomic E-state index is 12.1. The predicted octanol–water partition coefficient (Wildman–Crippen LogP) is 0.996. The number of aliphatic hydroxyl groups is 1. The fourth-order valence-electron chi connectivity index (χ4n) is 1.72. The van der Waals surface area contributed by atoms with Crippen molar-refractivity contribution in [2.45, 2.75) is 24.8 Å². The Bertz CT molecular complexity index is 662. The minimum atomic E-state index is -3.58. The van der Waals surface area contributed by atoms with E-state index in [-0.39, 0.29) is 18.0 Å². The molecule has 6 nitrogen and oxygen atoms in total. The van der Waals surface area contributed by atoms with E-state index in [2.05, 4.69) is 9.88 Å². The fraction of sp³-hybridized carbons (Fsp3) is 0.308. The van der Waals surface area contributed by atoms with Crippen molar-refractivity contribution in [1.82, 2.24) is 9.88 Å². The molecule has 0 aliphatic heterocycles. The number of benzene rings is 1. The Hall–Kier alpha value is -1.70. The molecule has 0 saturated carbocycles. The normalized spacial score (nSPS) is 11.7. The highest BCUT2D eigenvalue weighted by Crippen LogP contribution is 2.12. The van der Waals surface area contributed by atoms with Crippen LogP contribution in [-0.4, -0.2) is 25.3 Å². The van der Waals surface area contributed by atoms with Gasteiger partial charge in [-0.15, -0.1) is 0 Å². The van der Waals surface area contributed by atoms with E-state index in [9.17, 15) is 8.42 Å². The van der Waals surface area contributed by atoms with Crippen LogP contribution >= 0.6 is 0 Å². The van der Waals surface area contributed by atoms with E-state index in [0.717, 1.165) is 5.56 Å². The van der Waals surface area contributed by atoms with Crippen LogP contribution in [0.5, 0.6) is 0 Å². The zero-order chi connectivity index (χ0) is 14.6. The van der Waals surface area contributed by atoms with Crippen molar-refractivity contribution in [2.24, 2.45) is 0 Å². The fourth-order valence-corrected chi connectivity index (χ4v) is 2.72. The molecule has 0 bridgehead atoms. The first-order chi connectivity index (χ1) is 9.51. The van der Waals surface area contributed by atoms with Gasteiger partial charge in [0.25, 0.3) is 0 Å². The smallest absolute Gasteiger partial charge is 0.240 e. The van der Waals surface area contributed by atoms with Gasteiger partial charge in [-0.25, -0.2) is 13.1 Å². The molecular weight excluding hydrogens is 280 g/mol. The molecule has 0 amide bonds. The predicted molar refractivity (Wildman–Crippen MR) is 72.5 cm³/mol. The summed E-state index contributed by atoms with van der Waals surface area (Å²) in [7, 11) is -3.58. The summed E-state index contributed by atoms with van der Waals surface area (Å²) in [6.45, 7) is 1.86. The zero-order valence-electron chi connectivity index (χ0n) is 11.0. The number of aromatic nitrogens is 1. The number of nitrogens with one attached hydrogen (secondary N) is 1. The summed E-state index contributed by atoms with van der Waals surface area (Å²) in [4.78, 5) is 0.180. The van der Waals surface area contributed by atoms with Gasteiger partial charge in [0.05, 0.1) is 17.1 Å². The van der Waals surface area contributed by atoms with E-state index >= 15 is 0 Å². The average molecular weight is 296 g/mol. The van der Waals surface area contributed by atoms with Gasteiger partial charge in [0.1, 0.15) is 5.76 Å². The van der Waals surface area contributed by atoms with E-state index in [1.807, 2.05) is 0 Å². The highest BCUT2D eigenvalue weighted by Gasteiger charge is 2.14. The molecule has 0 spiro atoms. The molecule has 0 unspecified atom stereocenters. The number of hydrogen-bond acceptors (Lipinski definition) is 5. The molecule has 0 fully saturated rings. The number of rotatable bonds is 6. The van der Waals surface area contributed by atoms with Gasteiger partial charge in [0.15, 0.2) is 0 Å². The van der Waals surface area contributed by atoms with Crippen molar-refractivity contribution >= 4 is 10.0 Å². The minimum Gasteiger partial charge on any atom is -0.396 e. The molecule has 0 aliphatic carbocycles. The highest BCUT2D eigenvalue weighted by atomic mass is 32.2. The first kappa shape index (κ1) is 14.7. The summed E-state index contributed by atoms with van der Waals surface area (Å²) in [5.41, 5.74) is 1.42. The number of hydrogen-bond donors (Lipinski definition) is 2. The second-order valence-electron chi connectivity index (χ2n) is 4.37. The van der Waals surface area contributed by atoms with Gasteiger partial charge in [-0.05, 0) is 31.0 Å². The SMILES string of the molecule is Cc1cc(CNS(=O)(=O)c2ccc(CCO)cc2)no1. The van der Waals surface area contributed by atoms with Crippen molar-refractivity contribution in [3.05, 3.63) is 47.3 Å². The molecule has 2 N–H and O–H groups in total. The first-order valence-electron chi connectivity index (χ1n) is 6.13. The van der Waals surface area contributed by atoms with Crippen molar-refractivity contribution in [1.29, 1.82) is 0 Å². The molecule has 20 heavy (non-hydrogen) atoms. The maximum absolute atomic E-state index is 12.1. The van der Waals surface area contributed by atoms with Crippen molar-refractivity contribution in [3.63, 3.8) is 0 Å². The van der Waals surface area contributed by atoms with Crippen LogP contribution in [0.1, 0.15) is 17.0 Å². The van der Waals surface area contributed by atoms with E-state index in [1.54, 1.807) is 25.1 Å².